The van der Waals surface area contributed by atoms with Gasteiger partial charge in [-0.15, -0.1) is 0 Å². The lowest BCUT2D eigenvalue weighted by atomic mass is 9.97. The summed E-state index contributed by atoms with van der Waals surface area (Å²) in [7, 11) is 1.63. The number of carbonyl (C=O) groups is 4. The number of carbonyl (C=O) groups excluding carboxylic acids is 4. The molecule has 7 heteroatoms. The van der Waals surface area contributed by atoms with Crippen molar-refractivity contribution in [1.29, 1.82) is 0 Å². The zero-order chi connectivity index (χ0) is 21.8. The van der Waals surface area contributed by atoms with E-state index in [1.165, 1.54) is 10.5 Å². The third-order valence-corrected chi connectivity index (χ3v) is 5.80. The van der Waals surface area contributed by atoms with E-state index >= 15 is 0 Å². The van der Waals surface area contributed by atoms with E-state index in [0.29, 0.717) is 13.0 Å². The number of rotatable bonds is 7. The van der Waals surface area contributed by atoms with Crippen LogP contribution in [0.1, 0.15) is 48.8 Å². The Bertz CT molecular complexity index is 906. The molecule has 160 valence electrons. The van der Waals surface area contributed by atoms with E-state index in [1.807, 2.05) is 32.0 Å². The number of hydrogen-bond acceptors (Lipinski definition) is 4. The van der Waals surface area contributed by atoms with Crippen molar-refractivity contribution >= 4 is 23.8 Å². The average Bonchev–Trinajstić information content (AvgIpc) is 2.92. The molecular weight excluding hydrogens is 382 g/mol. The van der Waals surface area contributed by atoms with E-state index in [2.05, 4.69) is 6.08 Å². The van der Waals surface area contributed by atoms with Crippen molar-refractivity contribution < 1.29 is 19.2 Å². The van der Waals surface area contributed by atoms with E-state index in [1.54, 1.807) is 7.05 Å². The Hall–Kier alpha value is -2.96. The SMILES string of the molecule is Cc1ccc(CN(C)C(=O)CN2C(=O)C(=O)N(CCC3=CCCCC3)C2=O)c(C)c1. The van der Waals surface area contributed by atoms with Gasteiger partial charge in [-0.05, 0) is 57.1 Å². The van der Waals surface area contributed by atoms with Gasteiger partial charge in [0, 0.05) is 20.1 Å². The molecule has 30 heavy (non-hydrogen) atoms. The Balaban J connectivity index is 1.60. The van der Waals surface area contributed by atoms with Crippen LogP contribution >= 0.6 is 0 Å². The predicted octanol–water partition coefficient (Wildman–Crippen LogP) is 2.94. The standard InChI is InChI=1S/C23H29N3O4/c1-16-9-10-19(17(2)13-16)14-24(3)20(27)15-26-22(29)21(28)25(23(26)30)12-11-18-7-5-4-6-8-18/h7,9-10,13H,4-6,8,11-12,14-15H2,1-3H3. The van der Waals surface area contributed by atoms with Gasteiger partial charge in [0.25, 0.3) is 0 Å². The summed E-state index contributed by atoms with van der Waals surface area (Å²) in [4.78, 5) is 53.1. The Morgan fingerprint density at radius 2 is 1.80 bits per heavy atom. The molecule has 1 heterocycles. The number of allylic oxidation sites excluding steroid dienone is 1. The lowest BCUT2D eigenvalue weighted by molar-refractivity contribution is -0.144. The van der Waals surface area contributed by atoms with Crippen LogP contribution in [0.25, 0.3) is 0 Å². The molecular formula is C23H29N3O4. The molecule has 0 spiro atoms. The summed E-state index contributed by atoms with van der Waals surface area (Å²) >= 11 is 0. The highest BCUT2D eigenvalue weighted by molar-refractivity contribution is 6.45. The fraction of sp³-hybridized carbons (Fsp3) is 0.478. The van der Waals surface area contributed by atoms with Gasteiger partial charge in [0.15, 0.2) is 0 Å². The van der Waals surface area contributed by atoms with Crippen LogP contribution in [0.3, 0.4) is 0 Å². The van der Waals surface area contributed by atoms with E-state index in [9.17, 15) is 19.2 Å². The summed E-state index contributed by atoms with van der Waals surface area (Å²) in [5, 5.41) is 0. The van der Waals surface area contributed by atoms with Gasteiger partial charge < -0.3 is 4.90 Å². The summed E-state index contributed by atoms with van der Waals surface area (Å²) in [6, 6.07) is 5.28. The molecule has 0 N–H and O–H groups in total. The minimum atomic E-state index is -0.925. The average molecular weight is 412 g/mol. The second-order valence-electron chi connectivity index (χ2n) is 8.17. The van der Waals surface area contributed by atoms with E-state index < -0.39 is 24.4 Å². The number of amides is 5. The monoisotopic (exact) mass is 411 g/mol. The number of likely N-dealkylation sites (N-methyl/N-ethyl adjacent to an activating group) is 1. The predicted molar refractivity (Wildman–Crippen MR) is 112 cm³/mol. The molecule has 0 atom stereocenters. The summed E-state index contributed by atoms with van der Waals surface area (Å²) < 4.78 is 0. The molecule has 0 saturated carbocycles. The van der Waals surface area contributed by atoms with Gasteiger partial charge in [0.2, 0.25) is 5.91 Å². The number of urea groups is 1. The van der Waals surface area contributed by atoms with Crippen molar-refractivity contribution in [3.63, 3.8) is 0 Å². The van der Waals surface area contributed by atoms with Gasteiger partial charge in [-0.1, -0.05) is 35.4 Å². The molecule has 0 aromatic heterocycles. The molecule has 1 aliphatic heterocycles. The summed E-state index contributed by atoms with van der Waals surface area (Å²) in [5.74, 6) is -2.16. The zero-order valence-corrected chi connectivity index (χ0v) is 17.9. The van der Waals surface area contributed by atoms with Gasteiger partial charge in [-0.25, -0.2) is 9.69 Å². The zero-order valence-electron chi connectivity index (χ0n) is 17.9. The van der Waals surface area contributed by atoms with Crippen LogP contribution in [0, 0.1) is 13.8 Å². The van der Waals surface area contributed by atoms with Crippen LogP contribution in [0.15, 0.2) is 29.8 Å². The van der Waals surface area contributed by atoms with Gasteiger partial charge in [0.05, 0.1) is 0 Å². The second-order valence-corrected chi connectivity index (χ2v) is 8.17. The fourth-order valence-electron chi connectivity index (χ4n) is 3.90. The van der Waals surface area contributed by atoms with E-state index in [0.717, 1.165) is 52.2 Å². The van der Waals surface area contributed by atoms with E-state index in [-0.39, 0.29) is 12.5 Å². The molecule has 0 unspecified atom stereocenters. The first-order valence-corrected chi connectivity index (χ1v) is 10.4. The first kappa shape index (κ1) is 21.7. The summed E-state index contributed by atoms with van der Waals surface area (Å²) in [5.41, 5.74) is 4.42. The molecule has 0 radical (unpaired) electrons. The van der Waals surface area contributed by atoms with Crippen LogP contribution in [-0.2, 0) is 20.9 Å². The van der Waals surface area contributed by atoms with E-state index in [4.69, 9.17) is 0 Å². The molecule has 7 nitrogen and oxygen atoms in total. The number of aryl methyl sites for hydroxylation is 2. The Morgan fingerprint density at radius 3 is 2.47 bits per heavy atom. The minimum absolute atomic E-state index is 0.179. The van der Waals surface area contributed by atoms with Gasteiger partial charge >= 0.3 is 17.8 Å². The van der Waals surface area contributed by atoms with Gasteiger partial charge in [-0.2, -0.15) is 0 Å². The molecule has 1 saturated heterocycles. The maximum atomic E-state index is 12.6. The summed E-state index contributed by atoms with van der Waals surface area (Å²) in [6.45, 7) is 4.10. The van der Waals surface area contributed by atoms with Gasteiger partial charge in [0.1, 0.15) is 6.54 Å². The third-order valence-electron chi connectivity index (χ3n) is 5.80. The summed E-state index contributed by atoms with van der Waals surface area (Å²) in [6.07, 6.45) is 6.99. The molecule has 1 aliphatic carbocycles. The Kier molecular flexibility index (Phi) is 6.70. The maximum Gasteiger partial charge on any atom is 0.334 e. The van der Waals surface area contributed by atoms with Crippen LogP contribution in [0.4, 0.5) is 4.79 Å². The topological polar surface area (TPSA) is 78.0 Å². The molecule has 1 aromatic carbocycles. The highest BCUT2D eigenvalue weighted by Gasteiger charge is 2.45. The van der Waals surface area contributed by atoms with Crippen molar-refractivity contribution in [1.82, 2.24) is 14.7 Å². The minimum Gasteiger partial charge on any atom is -0.340 e. The quantitative estimate of drug-likeness (QED) is 0.393. The Morgan fingerprint density at radius 1 is 1.07 bits per heavy atom. The largest absolute Gasteiger partial charge is 0.340 e. The normalized spacial score (nSPS) is 16.9. The van der Waals surface area contributed by atoms with Crippen molar-refractivity contribution in [2.75, 3.05) is 20.1 Å². The first-order chi connectivity index (χ1) is 14.3. The third kappa shape index (κ3) is 4.78. The van der Waals surface area contributed by atoms with Crippen molar-refractivity contribution in [2.45, 2.75) is 52.5 Å². The van der Waals surface area contributed by atoms with Crippen LogP contribution in [-0.4, -0.2) is 58.6 Å². The van der Waals surface area contributed by atoms with Crippen molar-refractivity contribution in [3.8, 4) is 0 Å². The second kappa shape index (κ2) is 9.24. The molecule has 1 fully saturated rings. The smallest absolute Gasteiger partial charge is 0.334 e. The van der Waals surface area contributed by atoms with Gasteiger partial charge in [-0.3, -0.25) is 19.3 Å². The Labute approximate surface area is 177 Å². The number of imide groups is 2. The molecule has 1 aromatic rings. The number of hydrogen-bond donors (Lipinski definition) is 0. The highest BCUT2D eigenvalue weighted by atomic mass is 16.2. The fourth-order valence-corrected chi connectivity index (χ4v) is 3.90. The molecule has 0 bridgehead atoms. The lowest BCUT2D eigenvalue weighted by Gasteiger charge is -2.22. The van der Waals surface area contributed by atoms with Crippen molar-refractivity contribution in [3.05, 3.63) is 46.5 Å². The number of benzene rings is 1. The number of nitrogens with zero attached hydrogens (tertiary/aromatic N) is 3. The molecule has 2 aliphatic rings. The van der Waals surface area contributed by atoms with Crippen molar-refractivity contribution in [2.24, 2.45) is 0 Å². The first-order valence-electron chi connectivity index (χ1n) is 10.4. The lowest BCUT2D eigenvalue weighted by Crippen LogP contribution is -2.42. The van der Waals surface area contributed by atoms with Crippen LogP contribution in [0.5, 0.6) is 0 Å². The van der Waals surface area contributed by atoms with Crippen LogP contribution < -0.4 is 0 Å². The molecule has 5 amide bonds. The molecule has 3 rings (SSSR count). The van der Waals surface area contributed by atoms with Crippen LogP contribution in [0.2, 0.25) is 0 Å². The highest BCUT2D eigenvalue weighted by Crippen LogP contribution is 2.22. The maximum absolute atomic E-state index is 12.6.